The molecule has 4 heterocycles. The molecule has 0 saturated carbocycles. The highest BCUT2D eigenvalue weighted by Crippen LogP contribution is 2.19. The smallest absolute Gasteiger partial charge is 0.343 e. The third-order valence-electron chi connectivity index (χ3n) is 5.23. The first kappa shape index (κ1) is 20.5. The lowest BCUT2D eigenvalue weighted by Crippen LogP contribution is -2.49. The maximum Gasteiger partial charge on any atom is 0.343 e. The van der Waals surface area contributed by atoms with Gasteiger partial charge in [0.25, 0.3) is 5.91 Å². The number of amides is 1. The molecule has 2 fully saturated rings. The second-order valence-electron chi connectivity index (χ2n) is 6.82. The molecule has 0 spiro atoms. The van der Waals surface area contributed by atoms with Crippen LogP contribution in [0.15, 0.2) is 18.5 Å². The van der Waals surface area contributed by atoms with Gasteiger partial charge in [0.15, 0.2) is 5.65 Å². The summed E-state index contributed by atoms with van der Waals surface area (Å²) >= 11 is 0. The number of carbonyl (C=O) groups is 2. The van der Waals surface area contributed by atoms with Crippen LogP contribution in [-0.4, -0.2) is 88.2 Å². The van der Waals surface area contributed by atoms with E-state index < -0.39 is 5.97 Å². The highest BCUT2D eigenvalue weighted by Gasteiger charge is 2.32. The van der Waals surface area contributed by atoms with Crippen molar-refractivity contribution in [2.75, 3.05) is 45.9 Å². The van der Waals surface area contributed by atoms with Crippen molar-refractivity contribution in [2.45, 2.75) is 19.4 Å². The summed E-state index contributed by atoms with van der Waals surface area (Å²) in [5, 5.41) is 7.57. The number of aromatic nitrogens is 3. The molecule has 2 aromatic heterocycles. The fraction of sp³-hybridized carbons (Fsp3) is 0.556. The molecule has 2 aliphatic rings. The Morgan fingerprint density at radius 3 is 2.82 bits per heavy atom. The number of hydrogen-bond donors (Lipinski definition) is 1. The zero-order valence-corrected chi connectivity index (χ0v) is 16.7. The van der Waals surface area contributed by atoms with E-state index in [2.05, 4.69) is 20.3 Å². The highest BCUT2D eigenvalue weighted by atomic mass is 35.5. The third-order valence-corrected chi connectivity index (χ3v) is 5.23. The number of hydrogen-bond acceptors (Lipinski definition) is 7. The van der Waals surface area contributed by atoms with Crippen LogP contribution in [0.5, 0.6) is 0 Å². The van der Waals surface area contributed by atoms with Crippen LogP contribution in [0.25, 0.3) is 5.65 Å². The van der Waals surface area contributed by atoms with Crippen LogP contribution in [-0.2, 0) is 4.74 Å². The van der Waals surface area contributed by atoms with Crippen molar-refractivity contribution in [1.82, 2.24) is 29.7 Å². The SMILES string of the molecule is CCOC(=O)c1cnn2c(C(=O)N3CCC(N4CCNCC4)C3)ccnc12.Cl. The van der Waals surface area contributed by atoms with Crippen LogP contribution >= 0.6 is 12.4 Å². The van der Waals surface area contributed by atoms with E-state index in [0.717, 1.165) is 39.1 Å². The van der Waals surface area contributed by atoms with E-state index in [1.165, 1.54) is 16.9 Å². The Balaban J connectivity index is 0.00000225. The summed E-state index contributed by atoms with van der Waals surface area (Å²) in [7, 11) is 0. The Morgan fingerprint density at radius 2 is 2.07 bits per heavy atom. The van der Waals surface area contributed by atoms with E-state index in [9.17, 15) is 9.59 Å². The lowest BCUT2D eigenvalue weighted by Gasteiger charge is -2.32. The quantitative estimate of drug-likeness (QED) is 0.734. The van der Waals surface area contributed by atoms with E-state index >= 15 is 0 Å². The summed E-state index contributed by atoms with van der Waals surface area (Å²) < 4.78 is 6.47. The Bertz CT molecular complexity index is 851. The molecule has 2 aliphatic heterocycles. The van der Waals surface area contributed by atoms with Crippen LogP contribution in [0.4, 0.5) is 0 Å². The molecule has 0 aliphatic carbocycles. The molecular weight excluding hydrogens is 384 g/mol. The number of piperazine rings is 1. The Labute approximate surface area is 169 Å². The topological polar surface area (TPSA) is 92.1 Å². The number of carbonyl (C=O) groups excluding carboxylic acids is 2. The fourth-order valence-corrected chi connectivity index (χ4v) is 3.84. The largest absolute Gasteiger partial charge is 0.462 e. The van der Waals surface area contributed by atoms with Gasteiger partial charge in [0.2, 0.25) is 0 Å². The average molecular weight is 409 g/mol. The zero-order valence-electron chi connectivity index (χ0n) is 15.8. The van der Waals surface area contributed by atoms with E-state index in [1.807, 2.05) is 4.90 Å². The van der Waals surface area contributed by atoms with Gasteiger partial charge in [0.05, 0.1) is 12.8 Å². The van der Waals surface area contributed by atoms with Crippen molar-refractivity contribution in [2.24, 2.45) is 0 Å². The molecule has 9 nitrogen and oxygen atoms in total. The molecule has 2 saturated heterocycles. The molecule has 1 unspecified atom stereocenters. The molecule has 0 bridgehead atoms. The van der Waals surface area contributed by atoms with Gasteiger partial charge in [0.1, 0.15) is 11.3 Å². The Kier molecular flexibility index (Phi) is 6.48. The monoisotopic (exact) mass is 408 g/mol. The standard InChI is InChI=1S/C18H24N6O3.ClH/c1-2-27-18(26)14-11-21-24-15(3-5-20-16(14)24)17(25)23-8-4-13(12-23)22-9-6-19-7-10-22;/h3,5,11,13,19H,2,4,6-10,12H2,1H3;1H. The van der Waals surface area contributed by atoms with Gasteiger partial charge in [-0.3, -0.25) is 9.69 Å². The highest BCUT2D eigenvalue weighted by molar-refractivity contribution is 5.98. The van der Waals surface area contributed by atoms with Gasteiger partial charge in [0, 0.05) is 51.5 Å². The molecule has 1 amide bonds. The molecule has 1 atom stereocenters. The minimum Gasteiger partial charge on any atom is -0.462 e. The first-order valence-electron chi connectivity index (χ1n) is 9.43. The first-order chi connectivity index (χ1) is 13.2. The maximum atomic E-state index is 13.1. The van der Waals surface area contributed by atoms with Gasteiger partial charge in [-0.25, -0.2) is 14.3 Å². The summed E-state index contributed by atoms with van der Waals surface area (Å²) in [5.41, 5.74) is 1.03. The lowest BCUT2D eigenvalue weighted by atomic mass is 10.2. The van der Waals surface area contributed by atoms with Crippen LogP contribution in [0.3, 0.4) is 0 Å². The van der Waals surface area contributed by atoms with Crippen LogP contribution in [0.1, 0.15) is 34.2 Å². The van der Waals surface area contributed by atoms with Crippen LogP contribution in [0.2, 0.25) is 0 Å². The number of likely N-dealkylation sites (tertiary alicyclic amines) is 1. The Morgan fingerprint density at radius 1 is 1.29 bits per heavy atom. The summed E-state index contributed by atoms with van der Waals surface area (Å²) in [5.74, 6) is -0.567. The summed E-state index contributed by atoms with van der Waals surface area (Å²) in [6, 6.07) is 2.05. The second-order valence-corrected chi connectivity index (χ2v) is 6.82. The normalized spacial score (nSPS) is 20.2. The van der Waals surface area contributed by atoms with Crippen LogP contribution in [0, 0.1) is 0 Å². The maximum absolute atomic E-state index is 13.1. The summed E-state index contributed by atoms with van der Waals surface area (Å²) in [4.78, 5) is 33.7. The van der Waals surface area contributed by atoms with Gasteiger partial charge in [-0.1, -0.05) is 0 Å². The van der Waals surface area contributed by atoms with Crippen molar-refractivity contribution in [3.05, 3.63) is 29.7 Å². The number of esters is 1. The van der Waals surface area contributed by atoms with Crippen molar-refractivity contribution < 1.29 is 14.3 Å². The van der Waals surface area contributed by atoms with E-state index in [1.54, 1.807) is 13.0 Å². The van der Waals surface area contributed by atoms with Crippen molar-refractivity contribution in [1.29, 1.82) is 0 Å². The number of rotatable bonds is 4. The lowest BCUT2D eigenvalue weighted by molar-refractivity contribution is 0.0528. The Hall–Kier alpha value is -2.23. The van der Waals surface area contributed by atoms with Crippen molar-refractivity contribution >= 4 is 29.9 Å². The van der Waals surface area contributed by atoms with Gasteiger partial charge >= 0.3 is 5.97 Å². The van der Waals surface area contributed by atoms with Gasteiger partial charge < -0.3 is 15.0 Å². The number of nitrogens with one attached hydrogen (secondary N) is 1. The predicted octanol–water partition coefficient (Wildman–Crippen LogP) is 0.448. The number of fused-ring (bicyclic) bond motifs is 1. The molecule has 1 N–H and O–H groups in total. The summed E-state index contributed by atoms with van der Waals surface area (Å²) in [6.07, 6.45) is 3.93. The minimum atomic E-state index is -0.482. The van der Waals surface area contributed by atoms with Crippen molar-refractivity contribution in [3.8, 4) is 0 Å². The van der Waals surface area contributed by atoms with Gasteiger partial charge in [-0.2, -0.15) is 5.10 Å². The van der Waals surface area contributed by atoms with E-state index in [-0.39, 0.29) is 30.5 Å². The van der Waals surface area contributed by atoms with Gasteiger partial charge in [-0.15, -0.1) is 12.4 Å². The fourth-order valence-electron chi connectivity index (χ4n) is 3.84. The third kappa shape index (κ3) is 3.82. The second kappa shape index (κ2) is 8.85. The number of halogens is 1. The van der Waals surface area contributed by atoms with Gasteiger partial charge in [-0.05, 0) is 19.4 Å². The molecule has 4 rings (SSSR count). The summed E-state index contributed by atoms with van der Waals surface area (Å²) in [6.45, 7) is 7.50. The molecule has 0 radical (unpaired) electrons. The predicted molar refractivity (Wildman–Crippen MR) is 105 cm³/mol. The van der Waals surface area contributed by atoms with E-state index in [4.69, 9.17) is 4.74 Å². The van der Waals surface area contributed by atoms with Crippen LogP contribution < -0.4 is 5.32 Å². The average Bonchev–Trinajstić information content (AvgIpc) is 3.35. The molecular formula is C18H25ClN6O3. The van der Waals surface area contributed by atoms with Crippen molar-refractivity contribution in [3.63, 3.8) is 0 Å². The molecule has 2 aromatic rings. The number of nitrogens with zero attached hydrogens (tertiary/aromatic N) is 5. The molecule has 152 valence electrons. The molecule has 10 heteroatoms. The minimum absolute atomic E-state index is 0. The first-order valence-corrected chi connectivity index (χ1v) is 9.43. The zero-order chi connectivity index (χ0) is 18.8. The van der Waals surface area contributed by atoms with E-state index in [0.29, 0.717) is 23.9 Å². The molecule has 0 aromatic carbocycles. The molecule has 28 heavy (non-hydrogen) atoms. The number of ether oxygens (including phenoxy) is 1.